The van der Waals surface area contributed by atoms with Gasteiger partial charge in [-0.2, -0.15) is 0 Å². The molecule has 2 aromatic rings. The van der Waals surface area contributed by atoms with E-state index in [1.54, 1.807) is 0 Å². The van der Waals surface area contributed by atoms with Crippen molar-refractivity contribution in [2.45, 2.75) is 39.8 Å². The Balaban J connectivity index is 2.45. The molecule has 0 aliphatic heterocycles. The summed E-state index contributed by atoms with van der Waals surface area (Å²) in [6, 6.07) is 8.42. The van der Waals surface area contributed by atoms with Crippen LogP contribution in [0.15, 0.2) is 24.3 Å². The second-order valence-corrected chi connectivity index (χ2v) is 3.77. The summed E-state index contributed by atoms with van der Waals surface area (Å²) in [6.07, 6.45) is 2.40. The first-order valence-corrected chi connectivity index (χ1v) is 5.72. The normalized spacial score (nSPS) is 11.1. The molecule has 3 nitrogen and oxygen atoms in total. The van der Waals surface area contributed by atoms with Crippen LogP contribution in [0.4, 0.5) is 0 Å². The van der Waals surface area contributed by atoms with Gasteiger partial charge in [-0.25, -0.2) is 0 Å². The van der Waals surface area contributed by atoms with E-state index in [0.29, 0.717) is 0 Å². The molecule has 0 atom stereocenters. The van der Waals surface area contributed by atoms with Gasteiger partial charge in [-0.1, -0.05) is 25.5 Å². The first kappa shape index (κ1) is 10.1. The van der Waals surface area contributed by atoms with Crippen molar-refractivity contribution in [2.24, 2.45) is 0 Å². The number of aryl methyl sites for hydroxylation is 2. The van der Waals surface area contributed by atoms with E-state index in [-0.39, 0.29) is 0 Å². The van der Waals surface area contributed by atoms with Crippen molar-refractivity contribution in [3.63, 3.8) is 0 Å². The number of hydrogen-bond acceptors (Lipinski definition) is 1. The number of aromatic nitrogens is 3. The largest absolute Gasteiger partial charge is 0.198 e. The topological polar surface area (TPSA) is 21.7 Å². The fourth-order valence-electron chi connectivity index (χ4n) is 1.83. The van der Waals surface area contributed by atoms with E-state index in [0.717, 1.165) is 13.1 Å². The molecule has 0 fully saturated rings. The van der Waals surface area contributed by atoms with Crippen LogP contribution in [0.3, 0.4) is 0 Å². The maximum Gasteiger partial charge on any atom is 0.198 e. The highest BCUT2D eigenvalue weighted by Gasteiger charge is 2.14. The van der Waals surface area contributed by atoms with Crippen LogP contribution in [0.25, 0.3) is 11.0 Å². The Hall–Kier alpha value is -1.38. The molecule has 0 amide bonds. The average molecular weight is 204 g/mol. The molecule has 0 saturated heterocycles. The number of rotatable bonds is 4. The number of benzene rings is 1. The minimum Gasteiger partial charge on any atom is -0.130 e. The first-order chi connectivity index (χ1) is 7.36. The van der Waals surface area contributed by atoms with E-state index in [2.05, 4.69) is 52.7 Å². The molecule has 1 aromatic carbocycles. The third-order valence-electron chi connectivity index (χ3n) is 2.68. The Labute approximate surface area is 90.3 Å². The first-order valence-electron chi connectivity index (χ1n) is 5.72. The van der Waals surface area contributed by atoms with Gasteiger partial charge < -0.3 is 0 Å². The molecular formula is C12H18N3+. The zero-order valence-electron chi connectivity index (χ0n) is 9.48. The highest BCUT2D eigenvalue weighted by atomic mass is 15.5. The van der Waals surface area contributed by atoms with Gasteiger partial charge in [0.2, 0.25) is 0 Å². The molecule has 1 aromatic heterocycles. The lowest BCUT2D eigenvalue weighted by atomic mass is 10.3. The second-order valence-electron chi connectivity index (χ2n) is 3.77. The lowest BCUT2D eigenvalue weighted by Gasteiger charge is -1.91. The molecule has 1 heterocycles. The summed E-state index contributed by atoms with van der Waals surface area (Å²) in [5, 5.41) is 4.58. The minimum absolute atomic E-state index is 0.930. The van der Waals surface area contributed by atoms with E-state index in [9.17, 15) is 0 Å². The summed E-state index contributed by atoms with van der Waals surface area (Å²) in [6.45, 7) is 6.28. The highest BCUT2D eigenvalue weighted by Crippen LogP contribution is 2.08. The van der Waals surface area contributed by atoms with Crippen LogP contribution in [-0.4, -0.2) is 9.90 Å². The summed E-state index contributed by atoms with van der Waals surface area (Å²) < 4.78 is 4.17. The Bertz CT molecular complexity index is 445. The smallest absolute Gasteiger partial charge is 0.130 e. The van der Waals surface area contributed by atoms with Gasteiger partial charge in [-0.15, -0.1) is 9.36 Å². The maximum absolute atomic E-state index is 4.58. The molecule has 3 heteroatoms. The SMILES string of the molecule is CCCC[n+]1nn(CC)c2ccccc21. The quantitative estimate of drug-likeness (QED) is 0.699. The second kappa shape index (κ2) is 4.43. The van der Waals surface area contributed by atoms with E-state index < -0.39 is 0 Å². The minimum atomic E-state index is 0.930. The predicted octanol–water partition coefficient (Wildman–Crippen LogP) is 2.14. The fourth-order valence-corrected chi connectivity index (χ4v) is 1.83. The van der Waals surface area contributed by atoms with Crippen LogP contribution < -0.4 is 4.68 Å². The van der Waals surface area contributed by atoms with Crippen molar-refractivity contribution < 1.29 is 4.68 Å². The molecule has 0 bridgehead atoms. The van der Waals surface area contributed by atoms with Crippen LogP contribution in [0.2, 0.25) is 0 Å². The standard InChI is InChI=1S/C12H18N3/c1-3-5-10-15-12-9-7-6-8-11(12)14(4-2)13-15/h6-9H,3-5,10H2,1-2H3/q+1. The van der Waals surface area contributed by atoms with Gasteiger partial charge in [-0.05, 0) is 25.5 Å². The number of hydrogen-bond donors (Lipinski definition) is 0. The molecule has 0 radical (unpaired) electrons. The van der Waals surface area contributed by atoms with Crippen LogP contribution in [0.1, 0.15) is 26.7 Å². The van der Waals surface area contributed by atoms with Crippen molar-refractivity contribution in [1.82, 2.24) is 9.90 Å². The molecular weight excluding hydrogens is 186 g/mol. The van der Waals surface area contributed by atoms with Crippen LogP contribution >= 0.6 is 0 Å². The predicted molar refractivity (Wildman–Crippen MR) is 60.5 cm³/mol. The van der Waals surface area contributed by atoms with Gasteiger partial charge >= 0.3 is 0 Å². The molecule has 0 aliphatic rings. The molecule has 0 N–H and O–H groups in total. The van der Waals surface area contributed by atoms with Crippen LogP contribution in [-0.2, 0) is 13.1 Å². The number of fused-ring (bicyclic) bond motifs is 1. The van der Waals surface area contributed by atoms with Gasteiger partial charge in [0, 0.05) is 0 Å². The lowest BCUT2D eigenvalue weighted by Crippen LogP contribution is -2.37. The number of para-hydroxylation sites is 2. The fraction of sp³-hybridized carbons (Fsp3) is 0.500. The molecule has 80 valence electrons. The van der Waals surface area contributed by atoms with E-state index in [1.807, 2.05) is 0 Å². The van der Waals surface area contributed by atoms with Crippen molar-refractivity contribution >= 4 is 11.0 Å². The lowest BCUT2D eigenvalue weighted by molar-refractivity contribution is -0.733. The third kappa shape index (κ3) is 1.87. The van der Waals surface area contributed by atoms with Crippen molar-refractivity contribution in [3.8, 4) is 0 Å². The maximum atomic E-state index is 4.58. The Morgan fingerprint density at radius 1 is 1.27 bits per heavy atom. The average Bonchev–Trinajstić information content (AvgIpc) is 2.65. The van der Waals surface area contributed by atoms with Crippen molar-refractivity contribution in [2.75, 3.05) is 0 Å². The Kier molecular flexibility index (Phi) is 2.99. The molecule has 2 rings (SSSR count). The van der Waals surface area contributed by atoms with Gasteiger partial charge in [0.05, 0.1) is 5.21 Å². The molecule has 0 spiro atoms. The number of unbranched alkanes of at least 4 members (excludes halogenated alkanes) is 1. The monoisotopic (exact) mass is 204 g/mol. The summed E-state index contributed by atoms with van der Waals surface area (Å²) in [7, 11) is 0. The summed E-state index contributed by atoms with van der Waals surface area (Å²) >= 11 is 0. The number of nitrogens with zero attached hydrogens (tertiary/aromatic N) is 3. The van der Waals surface area contributed by atoms with Gasteiger partial charge in [0.25, 0.3) is 0 Å². The Morgan fingerprint density at radius 3 is 2.80 bits per heavy atom. The zero-order chi connectivity index (χ0) is 10.7. The summed E-state index contributed by atoms with van der Waals surface area (Å²) in [5.41, 5.74) is 2.48. The molecule has 15 heavy (non-hydrogen) atoms. The van der Waals surface area contributed by atoms with E-state index in [1.165, 1.54) is 23.9 Å². The highest BCUT2D eigenvalue weighted by molar-refractivity contribution is 5.70. The summed E-state index contributed by atoms with van der Waals surface area (Å²) in [4.78, 5) is 0. The van der Waals surface area contributed by atoms with Crippen molar-refractivity contribution in [1.29, 1.82) is 0 Å². The summed E-state index contributed by atoms with van der Waals surface area (Å²) in [5.74, 6) is 0. The molecule has 0 saturated carbocycles. The Morgan fingerprint density at radius 2 is 2.07 bits per heavy atom. The zero-order valence-corrected chi connectivity index (χ0v) is 9.48. The molecule has 0 unspecified atom stereocenters. The van der Waals surface area contributed by atoms with Gasteiger partial charge in [0.15, 0.2) is 11.0 Å². The van der Waals surface area contributed by atoms with Gasteiger partial charge in [0.1, 0.15) is 13.1 Å². The van der Waals surface area contributed by atoms with E-state index >= 15 is 0 Å². The van der Waals surface area contributed by atoms with Crippen LogP contribution in [0, 0.1) is 0 Å². The van der Waals surface area contributed by atoms with Gasteiger partial charge in [-0.3, -0.25) is 0 Å². The third-order valence-corrected chi connectivity index (χ3v) is 2.68. The van der Waals surface area contributed by atoms with Crippen molar-refractivity contribution in [3.05, 3.63) is 24.3 Å². The van der Waals surface area contributed by atoms with E-state index in [4.69, 9.17) is 0 Å². The molecule has 0 aliphatic carbocycles. The van der Waals surface area contributed by atoms with Crippen LogP contribution in [0.5, 0.6) is 0 Å².